The van der Waals surface area contributed by atoms with Crippen LogP contribution >= 0.6 is 0 Å². The van der Waals surface area contributed by atoms with Crippen molar-refractivity contribution in [2.24, 2.45) is 0 Å². The lowest BCUT2D eigenvalue weighted by atomic mass is 10.1. The van der Waals surface area contributed by atoms with Gasteiger partial charge in [0.1, 0.15) is 16.9 Å². The number of rotatable bonds is 4. The number of fused-ring (bicyclic) bond motifs is 1. The van der Waals surface area contributed by atoms with Gasteiger partial charge in [0.2, 0.25) is 0 Å². The highest BCUT2D eigenvalue weighted by molar-refractivity contribution is 5.78. The number of aryl methyl sites for hydroxylation is 1. The highest BCUT2D eigenvalue weighted by Crippen LogP contribution is 2.42. The van der Waals surface area contributed by atoms with Crippen molar-refractivity contribution >= 4 is 11.0 Å². The molecule has 0 aromatic carbocycles. The summed E-state index contributed by atoms with van der Waals surface area (Å²) in [5.41, 5.74) is 0.612. The molecule has 1 saturated carbocycles. The first-order valence-electron chi connectivity index (χ1n) is 8.81. The van der Waals surface area contributed by atoms with Crippen molar-refractivity contribution in [1.29, 1.82) is 0 Å². The summed E-state index contributed by atoms with van der Waals surface area (Å²) in [7, 11) is 0. The molecule has 142 valence electrons. The van der Waals surface area contributed by atoms with Gasteiger partial charge in [-0.2, -0.15) is 18.3 Å². The third-order valence-electron chi connectivity index (χ3n) is 4.81. The van der Waals surface area contributed by atoms with Gasteiger partial charge < -0.3 is 4.98 Å². The summed E-state index contributed by atoms with van der Waals surface area (Å²) in [6, 6.07) is 2.02. The second-order valence-corrected chi connectivity index (χ2v) is 6.85. The smallest absolute Gasteiger partial charge is 0.310 e. The average Bonchev–Trinajstić information content (AvgIpc) is 3.38. The van der Waals surface area contributed by atoms with E-state index in [1.165, 1.54) is 12.3 Å². The van der Waals surface area contributed by atoms with Gasteiger partial charge in [-0.05, 0) is 37.8 Å². The predicted molar refractivity (Wildman–Crippen MR) is 92.5 cm³/mol. The van der Waals surface area contributed by atoms with Crippen LogP contribution in [0.25, 0.3) is 11.0 Å². The molecule has 1 aliphatic rings. The third kappa shape index (κ3) is 3.11. The molecule has 1 atom stereocenters. The number of aromatic nitrogens is 5. The first kappa shape index (κ1) is 17.7. The van der Waals surface area contributed by atoms with E-state index in [2.05, 4.69) is 20.1 Å². The molecule has 0 spiro atoms. The zero-order chi connectivity index (χ0) is 19.3. The van der Waals surface area contributed by atoms with E-state index in [9.17, 15) is 18.0 Å². The second-order valence-electron chi connectivity index (χ2n) is 6.85. The summed E-state index contributed by atoms with van der Waals surface area (Å²) in [6.07, 6.45) is -0.747. The van der Waals surface area contributed by atoms with E-state index in [1.807, 2.05) is 6.92 Å². The van der Waals surface area contributed by atoms with Crippen LogP contribution in [0.4, 0.5) is 13.2 Å². The number of hydrogen-bond donors (Lipinski definition) is 1. The summed E-state index contributed by atoms with van der Waals surface area (Å²) in [5.74, 6) is 0.707. The molecule has 4 rings (SSSR count). The number of hydrogen-bond acceptors (Lipinski definition) is 4. The normalized spacial score (nSPS) is 16.0. The van der Waals surface area contributed by atoms with Gasteiger partial charge in [0.25, 0.3) is 5.56 Å². The van der Waals surface area contributed by atoms with Crippen molar-refractivity contribution in [3.8, 4) is 0 Å². The molecule has 1 unspecified atom stereocenters. The van der Waals surface area contributed by atoms with Gasteiger partial charge in [0.15, 0.2) is 5.65 Å². The van der Waals surface area contributed by atoms with Gasteiger partial charge >= 0.3 is 6.18 Å². The monoisotopic (exact) mass is 377 g/mol. The van der Waals surface area contributed by atoms with Crippen LogP contribution in [0.15, 0.2) is 23.1 Å². The van der Waals surface area contributed by atoms with E-state index in [1.54, 1.807) is 11.6 Å². The first-order valence-corrected chi connectivity index (χ1v) is 8.81. The van der Waals surface area contributed by atoms with E-state index in [4.69, 9.17) is 0 Å². The lowest BCUT2D eigenvalue weighted by Crippen LogP contribution is -2.16. The van der Waals surface area contributed by atoms with Crippen LogP contribution in [-0.4, -0.2) is 24.7 Å². The third-order valence-corrected chi connectivity index (χ3v) is 4.81. The summed E-state index contributed by atoms with van der Waals surface area (Å²) >= 11 is 0. The van der Waals surface area contributed by atoms with E-state index in [0.29, 0.717) is 28.8 Å². The molecule has 3 aromatic rings. The average molecular weight is 377 g/mol. The highest BCUT2D eigenvalue weighted by atomic mass is 19.4. The Kier molecular flexibility index (Phi) is 4.05. The SMILES string of the molecule is CCC(c1ccc(C(F)(F)F)nc1)n1nc(C2CC2)c2c(=O)[nH]c(C)nc21. The largest absolute Gasteiger partial charge is 0.433 e. The van der Waals surface area contributed by atoms with E-state index >= 15 is 0 Å². The molecule has 3 aromatic heterocycles. The Bertz CT molecular complexity index is 1050. The fraction of sp³-hybridized carbons (Fsp3) is 0.444. The number of nitrogens with one attached hydrogen (secondary N) is 1. The van der Waals surface area contributed by atoms with Crippen molar-refractivity contribution in [3.63, 3.8) is 0 Å². The van der Waals surface area contributed by atoms with Crippen molar-refractivity contribution in [2.45, 2.75) is 51.2 Å². The summed E-state index contributed by atoms with van der Waals surface area (Å²) in [5, 5.41) is 5.13. The van der Waals surface area contributed by atoms with Gasteiger partial charge in [0.05, 0.1) is 11.7 Å². The Morgan fingerprint density at radius 3 is 2.63 bits per heavy atom. The number of nitrogens with zero attached hydrogens (tertiary/aromatic N) is 4. The van der Waals surface area contributed by atoms with Gasteiger partial charge in [-0.3, -0.25) is 9.78 Å². The topological polar surface area (TPSA) is 76.5 Å². The van der Waals surface area contributed by atoms with Crippen LogP contribution in [0.5, 0.6) is 0 Å². The molecule has 6 nitrogen and oxygen atoms in total. The minimum atomic E-state index is -4.48. The summed E-state index contributed by atoms with van der Waals surface area (Å²) < 4.78 is 40.0. The van der Waals surface area contributed by atoms with Crippen molar-refractivity contribution in [3.05, 3.63) is 51.5 Å². The molecule has 1 N–H and O–H groups in total. The number of aromatic amines is 1. The van der Waals surface area contributed by atoms with Crippen LogP contribution in [0.3, 0.4) is 0 Å². The molecule has 0 aliphatic heterocycles. The lowest BCUT2D eigenvalue weighted by Gasteiger charge is -2.17. The maximum Gasteiger partial charge on any atom is 0.433 e. The number of H-pyrrole nitrogens is 1. The quantitative estimate of drug-likeness (QED) is 0.752. The lowest BCUT2D eigenvalue weighted by molar-refractivity contribution is -0.141. The Labute approximate surface area is 152 Å². The van der Waals surface area contributed by atoms with Crippen LogP contribution in [0.2, 0.25) is 0 Å². The number of halogens is 3. The zero-order valence-corrected chi connectivity index (χ0v) is 14.8. The Balaban J connectivity index is 1.85. The van der Waals surface area contributed by atoms with Crippen molar-refractivity contribution in [1.82, 2.24) is 24.7 Å². The van der Waals surface area contributed by atoms with Crippen molar-refractivity contribution in [2.75, 3.05) is 0 Å². The number of pyridine rings is 1. The fourth-order valence-electron chi connectivity index (χ4n) is 3.36. The maximum absolute atomic E-state index is 12.8. The second kappa shape index (κ2) is 6.17. The first-order chi connectivity index (χ1) is 12.8. The van der Waals surface area contributed by atoms with E-state index < -0.39 is 11.9 Å². The van der Waals surface area contributed by atoms with Gasteiger partial charge in [0, 0.05) is 12.1 Å². The van der Waals surface area contributed by atoms with Crippen LogP contribution < -0.4 is 5.56 Å². The molecule has 0 bridgehead atoms. The minimum absolute atomic E-state index is 0.231. The molecule has 1 aliphatic carbocycles. The highest BCUT2D eigenvalue weighted by Gasteiger charge is 2.34. The maximum atomic E-state index is 12.8. The molecular formula is C18H18F3N5O. The standard InChI is InChI=1S/C18H18F3N5O/c1-3-12(11-6-7-13(22-8-11)18(19,20)21)26-16-14(15(25-26)10-4-5-10)17(27)24-9(2)23-16/h6-8,10,12H,3-5H2,1-2H3,(H,23,24,27). The Morgan fingerprint density at radius 1 is 1.33 bits per heavy atom. The van der Waals surface area contributed by atoms with E-state index in [0.717, 1.165) is 24.6 Å². The molecule has 0 radical (unpaired) electrons. The Morgan fingerprint density at radius 2 is 2.07 bits per heavy atom. The summed E-state index contributed by atoms with van der Waals surface area (Å²) in [6.45, 7) is 3.60. The van der Waals surface area contributed by atoms with Crippen molar-refractivity contribution < 1.29 is 13.2 Å². The minimum Gasteiger partial charge on any atom is -0.310 e. The Hall–Kier alpha value is -2.71. The molecule has 9 heteroatoms. The van der Waals surface area contributed by atoms with Crippen LogP contribution in [0, 0.1) is 6.92 Å². The molecule has 3 heterocycles. The van der Waals surface area contributed by atoms with Gasteiger partial charge in [-0.15, -0.1) is 0 Å². The zero-order valence-electron chi connectivity index (χ0n) is 14.8. The fourth-order valence-corrected chi connectivity index (χ4v) is 3.36. The molecule has 1 fully saturated rings. The van der Waals surface area contributed by atoms with Crippen LogP contribution in [0.1, 0.15) is 60.9 Å². The van der Waals surface area contributed by atoms with Gasteiger partial charge in [-0.1, -0.05) is 13.0 Å². The molecule has 0 amide bonds. The molecular weight excluding hydrogens is 359 g/mol. The summed E-state index contributed by atoms with van der Waals surface area (Å²) in [4.78, 5) is 23.2. The van der Waals surface area contributed by atoms with E-state index in [-0.39, 0.29) is 17.5 Å². The molecule has 27 heavy (non-hydrogen) atoms. The number of alkyl halides is 3. The van der Waals surface area contributed by atoms with Gasteiger partial charge in [-0.25, -0.2) is 9.67 Å². The van der Waals surface area contributed by atoms with Crippen LogP contribution in [-0.2, 0) is 6.18 Å². The molecule has 0 saturated heterocycles. The predicted octanol–water partition coefficient (Wildman–Crippen LogP) is 3.72.